The van der Waals surface area contributed by atoms with Crippen molar-refractivity contribution in [3.05, 3.63) is 29.3 Å². The van der Waals surface area contributed by atoms with E-state index < -0.39 is 5.97 Å². The van der Waals surface area contributed by atoms with Crippen LogP contribution in [-0.2, 0) is 9.63 Å². The van der Waals surface area contributed by atoms with Gasteiger partial charge in [0, 0.05) is 19.0 Å². The van der Waals surface area contributed by atoms with Crippen molar-refractivity contribution < 1.29 is 19.5 Å². The highest BCUT2D eigenvalue weighted by molar-refractivity contribution is 5.67. The van der Waals surface area contributed by atoms with E-state index in [1.54, 1.807) is 5.06 Å². The Morgan fingerprint density at radius 1 is 1.29 bits per heavy atom. The number of nitrogens with zero attached hydrogens (tertiary/aromatic N) is 1. The Morgan fingerprint density at radius 3 is 2.83 bits per heavy atom. The SMILES string of the molecule is Cc1ccc(OCC2CCN(OCC(=O)O)C2)c(C2CCCC2)c1. The molecule has 24 heavy (non-hydrogen) atoms. The van der Waals surface area contributed by atoms with Crippen LogP contribution in [0.2, 0.25) is 0 Å². The minimum absolute atomic E-state index is 0.267. The van der Waals surface area contributed by atoms with Gasteiger partial charge in [0.1, 0.15) is 5.75 Å². The molecule has 2 fully saturated rings. The van der Waals surface area contributed by atoms with Crippen molar-refractivity contribution in [2.75, 3.05) is 26.3 Å². The fraction of sp³-hybridized carbons (Fsp3) is 0.632. The number of aliphatic carboxylic acids is 1. The van der Waals surface area contributed by atoms with Crippen molar-refractivity contribution in [3.63, 3.8) is 0 Å². The van der Waals surface area contributed by atoms with Crippen LogP contribution in [0.15, 0.2) is 18.2 Å². The third kappa shape index (κ3) is 4.48. The number of benzene rings is 1. The van der Waals surface area contributed by atoms with E-state index in [4.69, 9.17) is 14.7 Å². The van der Waals surface area contributed by atoms with Crippen molar-refractivity contribution in [1.82, 2.24) is 5.06 Å². The molecule has 1 aromatic carbocycles. The van der Waals surface area contributed by atoms with Crippen LogP contribution >= 0.6 is 0 Å². The van der Waals surface area contributed by atoms with Crippen LogP contribution in [0, 0.1) is 12.8 Å². The monoisotopic (exact) mass is 333 g/mol. The number of carboxylic acids is 1. The van der Waals surface area contributed by atoms with Crippen molar-refractivity contribution in [3.8, 4) is 5.75 Å². The lowest BCUT2D eigenvalue weighted by atomic mass is 9.95. The second-order valence-electron chi connectivity index (χ2n) is 7.04. The molecule has 1 aliphatic heterocycles. The van der Waals surface area contributed by atoms with E-state index in [2.05, 4.69) is 25.1 Å². The number of aryl methyl sites for hydroxylation is 1. The lowest BCUT2D eigenvalue weighted by molar-refractivity contribution is -0.174. The molecule has 0 spiro atoms. The highest BCUT2D eigenvalue weighted by atomic mass is 16.7. The molecule has 1 heterocycles. The summed E-state index contributed by atoms with van der Waals surface area (Å²) >= 11 is 0. The number of rotatable bonds is 7. The lowest BCUT2D eigenvalue weighted by Gasteiger charge is -2.19. The molecule has 0 amide bonds. The molecule has 1 unspecified atom stereocenters. The van der Waals surface area contributed by atoms with Gasteiger partial charge < -0.3 is 9.84 Å². The molecule has 2 aliphatic rings. The molecule has 1 saturated carbocycles. The van der Waals surface area contributed by atoms with Crippen LogP contribution in [0.4, 0.5) is 0 Å². The van der Waals surface area contributed by atoms with Gasteiger partial charge >= 0.3 is 5.97 Å². The predicted molar refractivity (Wildman–Crippen MR) is 91.2 cm³/mol. The maximum atomic E-state index is 10.6. The lowest BCUT2D eigenvalue weighted by Crippen LogP contribution is -2.25. The first-order valence-electron chi connectivity index (χ1n) is 8.95. The van der Waals surface area contributed by atoms with Crippen LogP contribution in [-0.4, -0.2) is 42.4 Å². The van der Waals surface area contributed by atoms with Crippen molar-refractivity contribution in [2.45, 2.75) is 44.9 Å². The number of carboxylic acid groups (broad SMARTS) is 1. The fourth-order valence-corrected chi connectivity index (χ4v) is 3.76. The largest absolute Gasteiger partial charge is 0.493 e. The summed E-state index contributed by atoms with van der Waals surface area (Å²) in [5.41, 5.74) is 2.66. The molecule has 1 aromatic rings. The standard InChI is InChI=1S/C19H27NO4/c1-14-6-7-18(17(10-14)16-4-2-3-5-16)23-12-15-8-9-20(11-15)24-13-19(21)22/h6-7,10,15-16H,2-5,8-9,11-13H2,1H3,(H,21,22). The molecule has 1 saturated heterocycles. The van der Waals surface area contributed by atoms with Crippen LogP contribution in [0.1, 0.15) is 49.1 Å². The Morgan fingerprint density at radius 2 is 2.08 bits per heavy atom. The molecule has 132 valence electrons. The van der Waals surface area contributed by atoms with Gasteiger partial charge in [-0.1, -0.05) is 30.5 Å². The molecule has 1 aliphatic carbocycles. The van der Waals surface area contributed by atoms with Gasteiger partial charge in [0.2, 0.25) is 0 Å². The van der Waals surface area contributed by atoms with E-state index in [1.165, 1.54) is 36.8 Å². The second kappa shape index (κ2) is 7.99. The molecule has 1 atom stereocenters. The minimum atomic E-state index is -0.935. The van der Waals surface area contributed by atoms with E-state index in [-0.39, 0.29) is 6.61 Å². The Labute approximate surface area is 143 Å². The van der Waals surface area contributed by atoms with E-state index in [0.29, 0.717) is 18.4 Å². The average molecular weight is 333 g/mol. The zero-order chi connectivity index (χ0) is 16.9. The van der Waals surface area contributed by atoms with Crippen molar-refractivity contribution in [1.29, 1.82) is 0 Å². The van der Waals surface area contributed by atoms with Gasteiger partial charge in [-0.15, -0.1) is 0 Å². The van der Waals surface area contributed by atoms with Crippen LogP contribution in [0.5, 0.6) is 5.75 Å². The Hall–Kier alpha value is -1.59. The quantitative estimate of drug-likeness (QED) is 0.829. The van der Waals surface area contributed by atoms with Gasteiger partial charge in [0.25, 0.3) is 0 Å². The van der Waals surface area contributed by atoms with E-state index in [0.717, 1.165) is 25.3 Å². The van der Waals surface area contributed by atoms with Crippen LogP contribution < -0.4 is 4.74 Å². The summed E-state index contributed by atoms with van der Waals surface area (Å²) < 4.78 is 6.16. The second-order valence-corrected chi connectivity index (χ2v) is 7.04. The number of hydrogen-bond donors (Lipinski definition) is 1. The van der Waals surface area contributed by atoms with Gasteiger partial charge in [-0.2, -0.15) is 5.06 Å². The summed E-state index contributed by atoms with van der Waals surface area (Å²) in [7, 11) is 0. The first-order valence-corrected chi connectivity index (χ1v) is 8.95. The van der Waals surface area contributed by atoms with Crippen LogP contribution in [0.3, 0.4) is 0 Å². The number of hydroxylamine groups is 2. The molecule has 5 heteroatoms. The highest BCUT2D eigenvalue weighted by Crippen LogP contribution is 2.39. The Balaban J connectivity index is 1.54. The maximum absolute atomic E-state index is 10.6. The normalized spacial score (nSPS) is 22.1. The van der Waals surface area contributed by atoms with Crippen molar-refractivity contribution >= 4 is 5.97 Å². The van der Waals surface area contributed by atoms with Crippen molar-refractivity contribution in [2.24, 2.45) is 5.92 Å². The van der Waals surface area contributed by atoms with Gasteiger partial charge in [0.05, 0.1) is 6.61 Å². The summed E-state index contributed by atoms with van der Waals surface area (Å²) in [5, 5.41) is 10.4. The zero-order valence-corrected chi connectivity index (χ0v) is 14.4. The molecule has 0 bridgehead atoms. The highest BCUT2D eigenvalue weighted by Gasteiger charge is 2.26. The molecule has 5 nitrogen and oxygen atoms in total. The molecular formula is C19H27NO4. The summed E-state index contributed by atoms with van der Waals surface area (Å²) in [6, 6.07) is 6.50. The fourth-order valence-electron chi connectivity index (χ4n) is 3.76. The number of ether oxygens (including phenoxy) is 1. The predicted octanol–water partition coefficient (Wildman–Crippen LogP) is 3.37. The molecular weight excluding hydrogens is 306 g/mol. The number of carbonyl (C=O) groups is 1. The van der Waals surface area contributed by atoms with E-state index >= 15 is 0 Å². The summed E-state index contributed by atoms with van der Waals surface area (Å²) in [6.45, 7) is 4.03. The Kier molecular flexibility index (Phi) is 5.74. The zero-order valence-electron chi connectivity index (χ0n) is 14.4. The third-order valence-electron chi connectivity index (χ3n) is 5.05. The molecule has 1 N–H and O–H groups in total. The third-order valence-corrected chi connectivity index (χ3v) is 5.05. The smallest absolute Gasteiger partial charge is 0.331 e. The Bertz CT molecular complexity index is 568. The summed E-state index contributed by atoms with van der Waals surface area (Å²) in [4.78, 5) is 15.8. The summed E-state index contributed by atoms with van der Waals surface area (Å²) in [6.07, 6.45) is 6.14. The van der Waals surface area contributed by atoms with E-state index in [1.807, 2.05) is 0 Å². The van der Waals surface area contributed by atoms with Gasteiger partial charge in [-0.05, 0) is 43.7 Å². The molecule has 0 radical (unpaired) electrons. The first kappa shape index (κ1) is 17.2. The van der Waals surface area contributed by atoms with E-state index in [9.17, 15) is 4.79 Å². The minimum Gasteiger partial charge on any atom is -0.493 e. The maximum Gasteiger partial charge on any atom is 0.331 e. The number of hydrogen-bond acceptors (Lipinski definition) is 4. The summed E-state index contributed by atoms with van der Waals surface area (Å²) in [5.74, 6) is 1.11. The van der Waals surface area contributed by atoms with Gasteiger partial charge in [-0.25, -0.2) is 4.79 Å². The van der Waals surface area contributed by atoms with Gasteiger partial charge in [-0.3, -0.25) is 4.84 Å². The molecule has 0 aromatic heterocycles. The average Bonchev–Trinajstić information content (AvgIpc) is 3.23. The molecule has 3 rings (SSSR count). The van der Waals surface area contributed by atoms with Gasteiger partial charge in [0.15, 0.2) is 6.61 Å². The topological polar surface area (TPSA) is 59.0 Å². The van der Waals surface area contributed by atoms with Crippen LogP contribution in [0.25, 0.3) is 0 Å². The first-order chi connectivity index (χ1) is 11.6.